The van der Waals surface area contributed by atoms with E-state index < -0.39 is 0 Å². The first-order chi connectivity index (χ1) is 19.9. The minimum atomic E-state index is 0.977. The van der Waals surface area contributed by atoms with Crippen molar-refractivity contribution < 1.29 is 0 Å². The van der Waals surface area contributed by atoms with Gasteiger partial charge in [-0.1, -0.05) is 36.4 Å². The lowest BCUT2D eigenvalue weighted by molar-refractivity contribution is 0.264. The van der Waals surface area contributed by atoms with Crippen LogP contribution in [-0.4, -0.2) is 115 Å². The second-order valence-corrected chi connectivity index (χ2v) is 11.2. The van der Waals surface area contributed by atoms with E-state index in [4.69, 9.17) is 0 Å². The summed E-state index contributed by atoms with van der Waals surface area (Å²) < 4.78 is 0. The summed E-state index contributed by atoms with van der Waals surface area (Å²) in [4.78, 5) is 5.21. The monoisotopic (exact) mass is 546 g/mol. The van der Waals surface area contributed by atoms with Crippen LogP contribution >= 0.6 is 0 Å². The molecule has 0 saturated carbocycles. The van der Waals surface area contributed by atoms with Crippen LogP contribution in [-0.2, 0) is 13.1 Å². The van der Waals surface area contributed by atoms with Gasteiger partial charge in [-0.25, -0.2) is 0 Å². The van der Waals surface area contributed by atoms with Gasteiger partial charge in [0.15, 0.2) is 0 Å². The molecule has 0 atom stereocenters. The lowest BCUT2D eigenvalue weighted by atomic mass is 9.96. The highest BCUT2D eigenvalue weighted by Gasteiger charge is 2.13. The number of hydrogen-bond acceptors (Lipinski definition) is 8. The van der Waals surface area contributed by atoms with Crippen molar-refractivity contribution in [2.24, 2.45) is 0 Å². The molecule has 8 nitrogen and oxygen atoms in total. The van der Waals surface area contributed by atoms with E-state index in [9.17, 15) is 0 Å². The summed E-state index contributed by atoms with van der Waals surface area (Å²) in [5.41, 5.74) is 2.85. The molecule has 0 radical (unpaired) electrons. The highest BCUT2D eigenvalue weighted by molar-refractivity contribution is 6.00. The van der Waals surface area contributed by atoms with Crippen LogP contribution in [0.4, 0.5) is 0 Å². The quantitative estimate of drug-likeness (QED) is 0.273. The number of hydrogen-bond donors (Lipinski definition) is 6. The Labute approximate surface area is 240 Å². The normalized spacial score (nSPS) is 20.8. The number of fused-ring (bicyclic) bond motifs is 2. The zero-order valence-electron chi connectivity index (χ0n) is 24.2. The summed E-state index contributed by atoms with van der Waals surface area (Å²) in [6.07, 6.45) is 0. The fourth-order valence-electron chi connectivity index (χ4n) is 5.88. The molecule has 0 amide bonds. The smallest absolute Gasteiger partial charge is 0.0240 e. The van der Waals surface area contributed by atoms with Crippen molar-refractivity contribution in [3.8, 4) is 0 Å². The standard InChI is InChI=1S/C32H50N8/c1-3-27-23-28-4-2-6-30(26-40-21-17-37-13-9-34-10-14-38-18-22-40)32(28)24-31(27)29(5-1)25-39-19-15-35-11-7-33-8-12-36-16-20-39/h1-6,23-24,33-38H,7-22,25-26H2. The predicted octanol–water partition coefficient (Wildman–Crippen LogP) is 1.16. The molecule has 0 spiro atoms. The molecule has 3 aromatic rings. The van der Waals surface area contributed by atoms with Crippen molar-refractivity contribution >= 4 is 21.5 Å². The molecule has 6 N–H and O–H groups in total. The molecule has 0 aromatic heterocycles. The third kappa shape index (κ3) is 8.93. The Kier molecular flexibility index (Phi) is 12.0. The summed E-state index contributed by atoms with van der Waals surface area (Å²) in [7, 11) is 0. The van der Waals surface area contributed by atoms with E-state index in [1.807, 2.05) is 0 Å². The zero-order chi connectivity index (χ0) is 27.2. The molecule has 2 aliphatic rings. The molecule has 2 saturated heterocycles. The van der Waals surface area contributed by atoms with Gasteiger partial charge in [0.05, 0.1) is 0 Å². The van der Waals surface area contributed by atoms with Gasteiger partial charge in [-0.05, 0) is 44.8 Å². The minimum absolute atomic E-state index is 0.977. The van der Waals surface area contributed by atoms with E-state index in [1.54, 1.807) is 0 Å². The predicted molar refractivity (Wildman–Crippen MR) is 169 cm³/mol. The number of rotatable bonds is 4. The zero-order valence-corrected chi connectivity index (χ0v) is 24.2. The topological polar surface area (TPSA) is 78.7 Å². The molecule has 0 bridgehead atoms. The van der Waals surface area contributed by atoms with Crippen LogP contribution in [0.5, 0.6) is 0 Å². The molecule has 5 rings (SSSR count). The van der Waals surface area contributed by atoms with Gasteiger partial charge in [-0.2, -0.15) is 0 Å². The Bertz CT molecular complexity index is 1060. The number of benzene rings is 3. The summed E-state index contributed by atoms with van der Waals surface area (Å²) in [6, 6.07) is 18.6. The molecule has 218 valence electrons. The van der Waals surface area contributed by atoms with Gasteiger partial charge in [-0.15, -0.1) is 0 Å². The van der Waals surface area contributed by atoms with Crippen LogP contribution in [0.25, 0.3) is 21.5 Å². The summed E-state index contributed by atoms with van der Waals surface area (Å²) in [5.74, 6) is 0. The second-order valence-electron chi connectivity index (χ2n) is 11.2. The van der Waals surface area contributed by atoms with E-state index in [2.05, 4.69) is 90.2 Å². The summed E-state index contributed by atoms with van der Waals surface area (Å²) in [6.45, 7) is 18.5. The third-order valence-corrected chi connectivity index (χ3v) is 8.18. The van der Waals surface area contributed by atoms with Crippen LogP contribution in [0.15, 0.2) is 48.5 Å². The Morgan fingerprint density at radius 2 is 0.775 bits per heavy atom. The third-order valence-electron chi connectivity index (χ3n) is 8.18. The molecule has 0 aliphatic carbocycles. The molecule has 3 aromatic carbocycles. The van der Waals surface area contributed by atoms with Crippen molar-refractivity contribution in [3.05, 3.63) is 59.7 Å². The lowest BCUT2D eigenvalue weighted by Crippen LogP contribution is -2.41. The van der Waals surface area contributed by atoms with E-state index in [-0.39, 0.29) is 0 Å². The lowest BCUT2D eigenvalue weighted by Gasteiger charge is -2.25. The highest BCUT2D eigenvalue weighted by atomic mass is 15.2. The maximum atomic E-state index is 3.61. The van der Waals surface area contributed by atoms with E-state index in [1.165, 1.54) is 32.7 Å². The average molecular weight is 547 g/mol. The van der Waals surface area contributed by atoms with Crippen molar-refractivity contribution in [3.63, 3.8) is 0 Å². The second kappa shape index (κ2) is 16.3. The maximum Gasteiger partial charge on any atom is 0.0240 e. The van der Waals surface area contributed by atoms with Gasteiger partial charge < -0.3 is 31.9 Å². The Morgan fingerprint density at radius 1 is 0.425 bits per heavy atom. The molecule has 2 aliphatic heterocycles. The van der Waals surface area contributed by atoms with Crippen LogP contribution in [0.2, 0.25) is 0 Å². The summed E-state index contributed by atoms with van der Waals surface area (Å²) in [5, 5.41) is 26.9. The first-order valence-corrected chi connectivity index (χ1v) is 15.5. The maximum absolute atomic E-state index is 3.61. The molecule has 40 heavy (non-hydrogen) atoms. The van der Waals surface area contributed by atoms with Crippen molar-refractivity contribution in [1.29, 1.82) is 0 Å². The molecular formula is C32H50N8. The van der Waals surface area contributed by atoms with Crippen LogP contribution in [0, 0.1) is 0 Å². The molecule has 2 heterocycles. The van der Waals surface area contributed by atoms with Crippen LogP contribution in [0.1, 0.15) is 11.1 Å². The number of nitrogens with zero attached hydrogens (tertiary/aromatic N) is 2. The van der Waals surface area contributed by atoms with E-state index >= 15 is 0 Å². The SMILES string of the molecule is c1cc(CN2CCNCCNCCNCC2)c2cc3c(CN4CCNCCNCCNCC4)cccc3cc2c1. The number of nitrogens with one attached hydrogen (secondary N) is 6. The fraction of sp³-hybridized carbons (Fsp3) is 0.562. The van der Waals surface area contributed by atoms with Crippen molar-refractivity contribution in [2.75, 3.05) is 105 Å². The molecule has 0 unspecified atom stereocenters. The molecule has 8 heteroatoms. The Morgan fingerprint density at radius 3 is 1.15 bits per heavy atom. The van der Waals surface area contributed by atoms with Crippen LogP contribution in [0.3, 0.4) is 0 Å². The van der Waals surface area contributed by atoms with Gasteiger partial charge in [0.1, 0.15) is 0 Å². The first kappa shape index (κ1) is 29.4. The highest BCUT2D eigenvalue weighted by Crippen LogP contribution is 2.29. The minimum Gasteiger partial charge on any atom is -0.314 e. The van der Waals surface area contributed by atoms with E-state index in [0.717, 1.165) is 118 Å². The average Bonchev–Trinajstić information content (AvgIpc) is 2.95. The summed E-state index contributed by atoms with van der Waals surface area (Å²) >= 11 is 0. The largest absolute Gasteiger partial charge is 0.314 e. The van der Waals surface area contributed by atoms with Gasteiger partial charge in [0.25, 0.3) is 0 Å². The van der Waals surface area contributed by atoms with Gasteiger partial charge in [-0.3, -0.25) is 9.80 Å². The van der Waals surface area contributed by atoms with Gasteiger partial charge in [0, 0.05) is 118 Å². The van der Waals surface area contributed by atoms with E-state index in [0.29, 0.717) is 0 Å². The van der Waals surface area contributed by atoms with Crippen molar-refractivity contribution in [1.82, 2.24) is 41.7 Å². The van der Waals surface area contributed by atoms with Gasteiger partial charge >= 0.3 is 0 Å². The Balaban J connectivity index is 1.35. The van der Waals surface area contributed by atoms with Crippen LogP contribution < -0.4 is 31.9 Å². The van der Waals surface area contributed by atoms with Gasteiger partial charge in [0.2, 0.25) is 0 Å². The Hall–Kier alpha value is -2.14. The molecular weight excluding hydrogens is 496 g/mol. The van der Waals surface area contributed by atoms with Crippen molar-refractivity contribution in [2.45, 2.75) is 13.1 Å². The first-order valence-electron chi connectivity index (χ1n) is 15.5. The fourth-order valence-corrected chi connectivity index (χ4v) is 5.88. The molecule has 2 fully saturated rings.